The molecule has 1 aromatic heterocycles. The zero-order valence-electron chi connectivity index (χ0n) is 27.2. The van der Waals surface area contributed by atoms with Crippen molar-refractivity contribution in [2.75, 3.05) is 31.7 Å². The molecule has 0 aliphatic rings. The number of nitrogens with one attached hydrogen (secondary N) is 1. The predicted molar refractivity (Wildman–Crippen MR) is 174 cm³/mol. The van der Waals surface area contributed by atoms with Crippen LogP contribution in [0, 0.1) is 0 Å². The summed E-state index contributed by atoms with van der Waals surface area (Å²) in [5.41, 5.74) is 3.22. The summed E-state index contributed by atoms with van der Waals surface area (Å²) in [6.07, 6.45) is 27.3. The fraction of sp³-hybridized carbons (Fsp3) is 0.800. The summed E-state index contributed by atoms with van der Waals surface area (Å²) in [4.78, 5) is 29.0. The summed E-state index contributed by atoms with van der Waals surface area (Å²) in [5.74, 6) is 0.263. The fourth-order valence-corrected chi connectivity index (χ4v) is 4.96. The van der Waals surface area contributed by atoms with Gasteiger partial charge in [0.2, 0.25) is 0 Å². The molecular formula is C35H63N3O4. The number of esters is 2. The highest BCUT2D eigenvalue weighted by Crippen LogP contribution is 2.12. The summed E-state index contributed by atoms with van der Waals surface area (Å²) in [6, 6.07) is 5.61. The van der Waals surface area contributed by atoms with Crippen molar-refractivity contribution in [1.29, 1.82) is 0 Å². The van der Waals surface area contributed by atoms with Gasteiger partial charge in [-0.2, -0.15) is 0 Å². The molecule has 1 N–H and O–H groups in total. The van der Waals surface area contributed by atoms with Gasteiger partial charge in [-0.05, 0) is 25.0 Å². The first kappa shape index (κ1) is 37.9. The van der Waals surface area contributed by atoms with Crippen LogP contribution >= 0.6 is 0 Å². The molecular weight excluding hydrogens is 526 g/mol. The Morgan fingerprint density at radius 1 is 0.619 bits per heavy atom. The van der Waals surface area contributed by atoms with Crippen molar-refractivity contribution in [2.24, 2.45) is 0 Å². The third kappa shape index (κ3) is 24.4. The van der Waals surface area contributed by atoms with Crippen LogP contribution in [0.5, 0.6) is 0 Å². The SMILES string of the molecule is CCCCCCCCCCCCOC(=O)CCN(CCC(=O)OCCCCCCCCCCCC)Nc1ccccn1. The summed E-state index contributed by atoms with van der Waals surface area (Å²) in [6.45, 7) is 6.32. The molecule has 0 amide bonds. The molecule has 0 saturated carbocycles. The van der Waals surface area contributed by atoms with Crippen molar-refractivity contribution >= 4 is 17.8 Å². The monoisotopic (exact) mass is 589 g/mol. The average molecular weight is 590 g/mol. The molecule has 42 heavy (non-hydrogen) atoms. The van der Waals surface area contributed by atoms with E-state index in [9.17, 15) is 9.59 Å². The van der Waals surface area contributed by atoms with Crippen LogP contribution in [0.25, 0.3) is 0 Å². The van der Waals surface area contributed by atoms with E-state index in [4.69, 9.17) is 9.47 Å². The Morgan fingerprint density at radius 2 is 1.02 bits per heavy atom. The van der Waals surface area contributed by atoms with Gasteiger partial charge < -0.3 is 14.9 Å². The standard InChI is InChI=1S/C35H63N3O4/c1-3-5-7-9-11-13-15-17-19-23-31-41-34(39)26-29-38(37-33-25-21-22-28-36-33)30-27-35(40)42-32-24-20-18-16-14-12-10-8-6-4-2/h21-22,25,28H,3-20,23-24,26-27,29-32H2,1-2H3,(H,36,37). The van der Waals surface area contributed by atoms with Crippen LogP contribution in [0.4, 0.5) is 5.82 Å². The number of hydrogen-bond donors (Lipinski definition) is 1. The molecule has 1 aromatic rings. The number of carbonyl (C=O) groups excluding carboxylic acids is 2. The second-order valence-corrected chi connectivity index (χ2v) is 11.6. The van der Waals surface area contributed by atoms with Crippen molar-refractivity contribution in [3.05, 3.63) is 24.4 Å². The van der Waals surface area contributed by atoms with Gasteiger partial charge in [0.25, 0.3) is 0 Å². The van der Waals surface area contributed by atoms with Crippen molar-refractivity contribution in [3.63, 3.8) is 0 Å². The molecule has 1 rings (SSSR count). The molecule has 0 aliphatic carbocycles. The molecule has 0 unspecified atom stereocenters. The number of carbonyl (C=O) groups is 2. The third-order valence-corrected chi connectivity index (χ3v) is 7.63. The third-order valence-electron chi connectivity index (χ3n) is 7.63. The number of rotatable bonds is 30. The average Bonchev–Trinajstić information content (AvgIpc) is 3.00. The molecule has 0 atom stereocenters. The maximum Gasteiger partial charge on any atom is 0.307 e. The number of anilines is 1. The van der Waals surface area contributed by atoms with Crippen molar-refractivity contribution in [1.82, 2.24) is 9.99 Å². The van der Waals surface area contributed by atoms with Gasteiger partial charge in [0.15, 0.2) is 0 Å². The van der Waals surface area contributed by atoms with Gasteiger partial charge in [0, 0.05) is 19.3 Å². The Labute approximate surface area is 257 Å². The van der Waals surface area contributed by atoms with E-state index in [0.717, 1.165) is 25.7 Å². The molecule has 0 bridgehead atoms. The molecule has 0 saturated heterocycles. The van der Waals surface area contributed by atoms with Gasteiger partial charge in [-0.25, -0.2) is 9.99 Å². The zero-order valence-corrected chi connectivity index (χ0v) is 27.2. The van der Waals surface area contributed by atoms with E-state index in [1.807, 2.05) is 23.2 Å². The van der Waals surface area contributed by atoms with E-state index < -0.39 is 0 Å². The Hall–Kier alpha value is -2.15. The number of hydrazine groups is 1. The maximum atomic E-state index is 12.3. The molecule has 7 nitrogen and oxygen atoms in total. The van der Waals surface area contributed by atoms with Gasteiger partial charge in [-0.1, -0.05) is 135 Å². The quantitative estimate of drug-likeness (QED) is 0.0544. The Morgan fingerprint density at radius 3 is 1.40 bits per heavy atom. The molecule has 0 fully saturated rings. The van der Waals surface area contributed by atoms with Crippen molar-refractivity contribution in [2.45, 2.75) is 155 Å². The van der Waals surface area contributed by atoms with E-state index >= 15 is 0 Å². The minimum absolute atomic E-state index is 0.206. The maximum absolute atomic E-state index is 12.3. The van der Waals surface area contributed by atoms with E-state index in [1.54, 1.807) is 6.20 Å². The lowest BCUT2D eigenvalue weighted by molar-refractivity contribution is -0.144. The minimum Gasteiger partial charge on any atom is -0.466 e. The van der Waals surface area contributed by atoms with E-state index in [0.29, 0.717) is 32.1 Å². The second-order valence-electron chi connectivity index (χ2n) is 11.6. The Kier molecular flexibility index (Phi) is 26.1. The summed E-state index contributed by atoms with van der Waals surface area (Å²) < 4.78 is 10.9. The topological polar surface area (TPSA) is 80.8 Å². The summed E-state index contributed by atoms with van der Waals surface area (Å²) in [7, 11) is 0. The van der Waals surface area contributed by atoms with Gasteiger partial charge in [0.1, 0.15) is 5.82 Å². The van der Waals surface area contributed by atoms with Crippen molar-refractivity contribution in [3.8, 4) is 0 Å². The van der Waals surface area contributed by atoms with Gasteiger partial charge >= 0.3 is 11.9 Å². The first-order chi connectivity index (χ1) is 20.7. The first-order valence-corrected chi connectivity index (χ1v) is 17.4. The largest absolute Gasteiger partial charge is 0.466 e. The normalized spacial score (nSPS) is 11.1. The molecule has 0 radical (unpaired) electrons. The van der Waals surface area contributed by atoms with Crippen molar-refractivity contribution < 1.29 is 19.1 Å². The van der Waals surface area contributed by atoms with Crippen LogP contribution in [-0.4, -0.2) is 48.2 Å². The molecule has 0 spiro atoms. The van der Waals surface area contributed by atoms with E-state index in [-0.39, 0.29) is 24.8 Å². The molecule has 242 valence electrons. The molecule has 0 aliphatic heterocycles. The number of unbranched alkanes of at least 4 members (excludes halogenated alkanes) is 18. The van der Waals surface area contributed by atoms with Crippen LogP contribution < -0.4 is 5.43 Å². The van der Waals surface area contributed by atoms with E-state index in [2.05, 4.69) is 24.3 Å². The number of nitrogens with zero attached hydrogens (tertiary/aromatic N) is 2. The van der Waals surface area contributed by atoms with Crippen LogP contribution in [-0.2, 0) is 19.1 Å². The number of pyridine rings is 1. The Balaban J connectivity index is 2.17. The fourth-order valence-electron chi connectivity index (χ4n) is 4.96. The molecule has 0 aromatic carbocycles. The summed E-state index contributed by atoms with van der Waals surface area (Å²) in [5, 5.41) is 1.85. The zero-order chi connectivity index (χ0) is 30.4. The number of ether oxygens (including phenoxy) is 2. The highest BCUT2D eigenvalue weighted by atomic mass is 16.5. The molecule has 1 heterocycles. The summed E-state index contributed by atoms with van der Waals surface area (Å²) >= 11 is 0. The van der Waals surface area contributed by atoms with Crippen LogP contribution in [0.15, 0.2) is 24.4 Å². The highest BCUT2D eigenvalue weighted by molar-refractivity contribution is 5.70. The van der Waals surface area contributed by atoms with Crippen LogP contribution in [0.3, 0.4) is 0 Å². The predicted octanol–water partition coefficient (Wildman–Crippen LogP) is 9.42. The molecule has 7 heteroatoms. The van der Waals surface area contributed by atoms with Gasteiger partial charge in [-0.15, -0.1) is 0 Å². The van der Waals surface area contributed by atoms with Crippen LogP contribution in [0.1, 0.15) is 155 Å². The smallest absolute Gasteiger partial charge is 0.307 e. The van der Waals surface area contributed by atoms with Gasteiger partial charge in [-0.3, -0.25) is 9.59 Å². The highest BCUT2D eigenvalue weighted by Gasteiger charge is 2.13. The number of hydrogen-bond acceptors (Lipinski definition) is 7. The lowest BCUT2D eigenvalue weighted by atomic mass is 10.1. The Bertz CT molecular complexity index is 705. The number of aromatic nitrogens is 1. The minimum atomic E-state index is -0.206. The first-order valence-electron chi connectivity index (χ1n) is 17.4. The lowest BCUT2D eigenvalue weighted by Crippen LogP contribution is -2.35. The van der Waals surface area contributed by atoms with Gasteiger partial charge in [0.05, 0.1) is 26.1 Å². The van der Waals surface area contributed by atoms with E-state index in [1.165, 1.54) is 103 Å². The lowest BCUT2D eigenvalue weighted by Gasteiger charge is -2.23. The van der Waals surface area contributed by atoms with Crippen LogP contribution in [0.2, 0.25) is 0 Å². The second kappa shape index (κ2) is 28.9.